The van der Waals surface area contributed by atoms with Gasteiger partial charge in [-0.2, -0.15) is 13.2 Å². The SMILES string of the molecule is CC(COc1cccc(F)c1)NC(=O)N1C[C@@H](C(F)(F)F)[C@H](C(=O)O)C1. The van der Waals surface area contributed by atoms with Gasteiger partial charge in [0.25, 0.3) is 0 Å². The fourth-order valence-corrected chi connectivity index (χ4v) is 2.67. The predicted octanol–water partition coefficient (Wildman–Crippen LogP) is 2.50. The summed E-state index contributed by atoms with van der Waals surface area (Å²) < 4.78 is 57.2. The molecule has 1 aromatic rings. The summed E-state index contributed by atoms with van der Waals surface area (Å²) in [5.74, 6) is -5.64. The van der Waals surface area contributed by atoms with E-state index in [1.807, 2.05) is 0 Å². The van der Waals surface area contributed by atoms with E-state index in [1.165, 1.54) is 18.2 Å². The van der Waals surface area contributed by atoms with E-state index in [1.54, 1.807) is 6.92 Å². The number of nitrogens with zero attached hydrogens (tertiary/aromatic N) is 1. The number of carboxylic acids is 1. The summed E-state index contributed by atoms with van der Waals surface area (Å²) >= 11 is 0. The Labute approximate surface area is 146 Å². The van der Waals surface area contributed by atoms with Crippen LogP contribution in [-0.4, -0.2) is 53.9 Å². The molecule has 2 N–H and O–H groups in total. The van der Waals surface area contributed by atoms with Crippen molar-refractivity contribution in [3.05, 3.63) is 30.1 Å². The summed E-state index contributed by atoms with van der Waals surface area (Å²) in [7, 11) is 0. The summed E-state index contributed by atoms with van der Waals surface area (Å²) in [6, 6.07) is 3.96. The number of carboxylic acid groups (broad SMARTS) is 1. The maximum absolute atomic E-state index is 13.0. The van der Waals surface area contributed by atoms with Gasteiger partial charge >= 0.3 is 18.2 Å². The van der Waals surface area contributed by atoms with Crippen LogP contribution in [0.3, 0.4) is 0 Å². The van der Waals surface area contributed by atoms with Gasteiger partial charge in [-0.3, -0.25) is 4.79 Å². The van der Waals surface area contributed by atoms with Crippen molar-refractivity contribution in [3.63, 3.8) is 0 Å². The Kier molecular flexibility index (Phi) is 5.94. The highest BCUT2D eigenvalue weighted by molar-refractivity contribution is 5.78. The third kappa shape index (κ3) is 4.99. The second-order valence-corrected chi connectivity index (χ2v) is 6.12. The first-order valence-electron chi connectivity index (χ1n) is 7.81. The number of halogens is 4. The molecule has 1 unspecified atom stereocenters. The number of ether oxygens (including phenoxy) is 1. The number of amides is 2. The van der Waals surface area contributed by atoms with Gasteiger partial charge in [0.1, 0.15) is 18.2 Å². The number of alkyl halides is 3. The smallest absolute Gasteiger partial charge is 0.394 e. The molecule has 144 valence electrons. The van der Waals surface area contributed by atoms with E-state index < -0.39 is 55.0 Å². The first-order chi connectivity index (χ1) is 12.1. The molecule has 2 amide bonds. The zero-order chi connectivity index (χ0) is 19.5. The van der Waals surface area contributed by atoms with E-state index in [9.17, 15) is 27.2 Å². The van der Waals surface area contributed by atoms with Gasteiger partial charge in [-0.05, 0) is 19.1 Å². The fourth-order valence-electron chi connectivity index (χ4n) is 2.67. The summed E-state index contributed by atoms with van der Waals surface area (Å²) in [5.41, 5.74) is 0. The Balaban J connectivity index is 1.89. The second-order valence-electron chi connectivity index (χ2n) is 6.12. The largest absolute Gasteiger partial charge is 0.491 e. The lowest BCUT2D eigenvalue weighted by Gasteiger charge is -2.21. The molecule has 0 bridgehead atoms. The highest BCUT2D eigenvalue weighted by Gasteiger charge is 2.53. The molecule has 10 heteroatoms. The van der Waals surface area contributed by atoms with Gasteiger partial charge in [-0.25, -0.2) is 9.18 Å². The van der Waals surface area contributed by atoms with Gasteiger partial charge in [0.05, 0.1) is 17.9 Å². The van der Waals surface area contributed by atoms with Crippen LogP contribution in [0.25, 0.3) is 0 Å². The molecule has 1 saturated heterocycles. The van der Waals surface area contributed by atoms with Crippen molar-refractivity contribution in [2.45, 2.75) is 19.1 Å². The molecule has 0 aliphatic carbocycles. The minimum Gasteiger partial charge on any atom is -0.491 e. The molecule has 1 aromatic carbocycles. The maximum atomic E-state index is 13.0. The van der Waals surface area contributed by atoms with Crippen molar-refractivity contribution in [1.82, 2.24) is 10.2 Å². The van der Waals surface area contributed by atoms with Crippen LogP contribution in [-0.2, 0) is 4.79 Å². The minimum atomic E-state index is -4.70. The monoisotopic (exact) mass is 378 g/mol. The molecule has 1 heterocycles. The first kappa shape index (κ1) is 19.8. The van der Waals surface area contributed by atoms with E-state index in [0.717, 1.165) is 11.0 Å². The average molecular weight is 378 g/mol. The third-order valence-electron chi connectivity index (χ3n) is 4.01. The Morgan fingerprint density at radius 1 is 1.38 bits per heavy atom. The van der Waals surface area contributed by atoms with E-state index in [4.69, 9.17) is 9.84 Å². The minimum absolute atomic E-state index is 0.0336. The number of carbonyl (C=O) groups is 2. The Morgan fingerprint density at radius 2 is 2.08 bits per heavy atom. The van der Waals surface area contributed by atoms with Gasteiger partial charge in [-0.1, -0.05) is 6.07 Å². The molecule has 2 rings (SSSR count). The number of hydrogen-bond acceptors (Lipinski definition) is 3. The lowest BCUT2D eigenvalue weighted by molar-refractivity contribution is -0.187. The predicted molar refractivity (Wildman–Crippen MR) is 82.1 cm³/mol. The Morgan fingerprint density at radius 3 is 2.62 bits per heavy atom. The number of hydrogen-bond donors (Lipinski definition) is 2. The van der Waals surface area contributed by atoms with Crippen molar-refractivity contribution in [2.24, 2.45) is 11.8 Å². The van der Waals surface area contributed by atoms with Crippen LogP contribution in [0.4, 0.5) is 22.4 Å². The molecule has 3 atom stereocenters. The van der Waals surface area contributed by atoms with Crippen molar-refractivity contribution >= 4 is 12.0 Å². The molecule has 1 aliphatic heterocycles. The number of benzene rings is 1. The Hall–Kier alpha value is -2.52. The van der Waals surface area contributed by atoms with E-state index in [0.29, 0.717) is 0 Å². The molecule has 1 fully saturated rings. The zero-order valence-corrected chi connectivity index (χ0v) is 13.8. The van der Waals surface area contributed by atoms with Crippen molar-refractivity contribution in [1.29, 1.82) is 0 Å². The lowest BCUT2D eigenvalue weighted by Crippen LogP contribution is -2.45. The van der Waals surface area contributed by atoms with Gasteiger partial charge in [0, 0.05) is 19.2 Å². The van der Waals surface area contributed by atoms with E-state index in [2.05, 4.69) is 5.32 Å². The lowest BCUT2D eigenvalue weighted by atomic mass is 9.96. The van der Waals surface area contributed by atoms with Crippen molar-refractivity contribution in [2.75, 3.05) is 19.7 Å². The third-order valence-corrected chi connectivity index (χ3v) is 4.01. The number of urea groups is 1. The number of carbonyl (C=O) groups excluding carboxylic acids is 1. The van der Waals surface area contributed by atoms with Gasteiger partial charge in [0.15, 0.2) is 0 Å². The highest BCUT2D eigenvalue weighted by atomic mass is 19.4. The van der Waals surface area contributed by atoms with Gasteiger partial charge in [-0.15, -0.1) is 0 Å². The maximum Gasteiger partial charge on any atom is 0.394 e. The van der Waals surface area contributed by atoms with E-state index in [-0.39, 0.29) is 12.4 Å². The van der Waals surface area contributed by atoms with Gasteiger partial charge < -0.3 is 20.1 Å². The van der Waals surface area contributed by atoms with Gasteiger partial charge in [0.2, 0.25) is 0 Å². The average Bonchev–Trinajstić information content (AvgIpc) is 2.99. The van der Waals surface area contributed by atoms with Crippen LogP contribution in [0.2, 0.25) is 0 Å². The molecule has 1 aliphatic rings. The number of nitrogens with one attached hydrogen (secondary N) is 1. The summed E-state index contributed by atoms with van der Waals surface area (Å²) in [6.45, 7) is 0.282. The van der Waals surface area contributed by atoms with Crippen LogP contribution in [0.1, 0.15) is 6.92 Å². The number of likely N-dealkylation sites (tertiary alicyclic amines) is 1. The molecule has 6 nitrogen and oxygen atoms in total. The highest BCUT2D eigenvalue weighted by Crippen LogP contribution is 2.37. The summed E-state index contributed by atoms with van der Waals surface area (Å²) in [6.07, 6.45) is -4.70. The van der Waals surface area contributed by atoms with Crippen LogP contribution in [0.5, 0.6) is 5.75 Å². The van der Waals surface area contributed by atoms with Crippen molar-refractivity contribution < 1.29 is 37.0 Å². The topological polar surface area (TPSA) is 78.9 Å². The van der Waals surface area contributed by atoms with Crippen LogP contribution >= 0.6 is 0 Å². The quantitative estimate of drug-likeness (QED) is 0.772. The van der Waals surface area contributed by atoms with E-state index >= 15 is 0 Å². The normalized spacial score (nSPS) is 21.3. The molecular weight excluding hydrogens is 360 g/mol. The summed E-state index contributed by atoms with van der Waals surface area (Å²) in [5, 5.41) is 11.4. The number of aliphatic carboxylic acids is 1. The molecule has 0 aromatic heterocycles. The number of rotatable bonds is 5. The first-order valence-corrected chi connectivity index (χ1v) is 7.81. The molecular formula is C16H18F4N2O4. The standard InChI is InChI=1S/C16H18F4N2O4/c1-9(8-26-11-4-2-3-10(17)5-11)21-15(25)22-6-12(14(23)24)13(7-22)16(18,19)20/h2-5,9,12-13H,6-8H2,1H3,(H,21,25)(H,23,24)/t9?,12-,13-/m1/s1. The van der Waals surface area contributed by atoms with Crippen LogP contribution in [0.15, 0.2) is 24.3 Å². The molecule has 0 saturated carbocycles. The Bertz CT molecular complexity index is 668. The zero-order valence-electron chi connectivity index (χ0n) is 13.8. The second kappa shape index (κ2) is 7.79. The molecule has 0 radical (unpaired) electrons. The van der Waals surface area contributed by atoms with Crippen molar-refractivity contribution in [3.8, 4) is 5.75 Å². The summed E-state index contributed by atoms with van der Waals surface area (Å²) in [4.78, 5) is 24.0. The fraction of sp³-hybridized carbons (Fsp3) is 0.500. The molecule has 0 spiro atoms. The van der Waals surface area contributed by atoms with Crippen LogP contribution < -0.4 is 10.1 Å². The van der Waals surface area contributed by atoms with Crippen LogP contribution in [0, 0.1) is 17.7 Å². The molecule has 26 heavy (non-hydrogen) atoms.